The predicted molar refractivity (Wildman–Crippen MR) is 107 cm³/mol. The van der Waals surface area contributed by atoms with Crippen LogP contribution in [0.1, 0.15) is 17.5 Å². The average molecular weight is 362 g/mol. The van der Waals surface area contributed by atoms with E-state index in [9.17, 15) is 4.79 Å². The highest BCUT2D eigenvalue weighted by Crippen LogP contribution is 2.16. The molecule has 2 heterocycles. The van der Waals surface area contributed by atoms with E-state index in [4.69, 9.17) is 0 Å². The van der Waals surface area contributed by atoms with Gasteiger partial charge in [0.05, 0.1) is 18.3 Å². The van der Waals surface area contributed by atoms with Crippen molar-refractivity contribution >= 4 is 16.8 Å². The number of fused-ring (bicyclic) bond motifs is 1. The van der Waals surface area contributed by atoms with Gasteiger partial charge in [0.15, 0.2) is 0 Å². The van der Waals surface area contributed by atoms with E-state index in [2.05, 4.69) is 59.4 Å². The summed E-state index contributed by atoms with van der Waals surface area (Å²) in [6.07, 6.45) is 2.39. The van der Waals surface area contributed by atoms with Gasteiger partial charge < -0.3 is 4.90 Å². The highest BCUT2D eigenvalue weighted by Gasteiger charge is 2.21. The predicted octanol–water partition coefficient (Wildman–Crippen LogP) is 3.08. The standard InChI is InChI=1S/C22H26N4O/c1-18-7-8-21-20(15-18)16-23-26(21)10-9-22(27)25-13-11-24(12-14-25)17-19-5-3-2-4-6-19/h2-8,15-16H,9-14,17H2,1H3. The first-order chi connectivity index (χ1) is 13.2. The molecular formula is C22H26N4O. The molecule has 27 heavy (non-hydrogen) atoms. The zero-order valence-corrected chi connectivity index (χ0v) is 15.8. The first-order valence-corrected chi connectivity index (χ1v) is 9.65. The fourth-order valence-corrected chi connectivity index (χ4v) is 3.74. The molecule has 140 valence electrons. The van der Waals surface area contributed by atoms with Crippen LogP contribution in [-0.4, -0.2) is 51.7 Å². The summed E-state index contributed by atoms with van der Waals surface area (Å²) < 4.78 is 1.94. The average Bonchev–Trinajstić information content (AvgIpc) is 3.09. The number of benzene rings is 2. The SMILES string of the molecule is Cc1ccc2c(cnn2CCC(=O)N2CCN(Cc3ccccc3)CC2)c1. The van der Waals surface area contributed by atoms with Crippen molar-refractivity contribution in [3.8, 4) is 0 Å². The van der Waals surface area contributed by atoms with Crippen molar-refractivity contribution in [2.24, 2.45) is 0 Å². The minimum Gasteiger partial charge on any atom is -0.340 e. The lowest BCUT2D eigenvalue weighted by molar-refractivity contribution is -0.133. The van der Waals surface area contributed by atoms with Crippen LogP contribution in [0.5, 0.6) is 0 Å². The van der Waals surface area contributed by atoms with Crippen molar-refractivity contribution in [3.63, 3.8) is 0 Å². The molecule has 2 aromatic carbocycles. The van der Waals surface area contributed by atoms with Crippen molar-refractivity contribution in [1.82, 2.24) is 19.6 Å². The highest BCUT2D eigenvalue weighted by molar-refractivity contribution is 5.80. The number of rotatable bonds is 5. The van der Waals surface area contributed by atoms with Crippen LogP contribution in [0.4, 0.5) is 0 Å². The normalized spacial score (nSPS) is 15.4. The van der Waals surface area contributed by atoms with E-state index in [1.54, 1.807) is 0 Å². The molecule has 1 aromatic heterocycles. The van der Waals surface area contributed by atoms with Crippen LogP contribution in [0, 0.1) is 6.92 Å². The van der Waals surface area contributed by atoms with Gasteiger partial charge in [0.2, 0.25) is 5.91 Å². The molecule has 1 saturated heterocycles. The lowest BCUT2D eigenvalue weighted by Crippen LogP contribution is -2.48. The fraction of sp³-hybridized carbons (Fsp3) is 0.364. The number of hydrogen-bond donors (Lipinski definition) is 0. The maximum atomic E-state index is 12.6. The molecule has 0 aliphatic carbocycles. The number of nitrogens with zero attached hydrogens (tertiary/aromatic N) is 4. The number of carbonyl (C=O) groups excluding carboxylic acids is 1. The molecule has 0 spiro atoms. The third-order valence-electron chi connectivity index (χ3n) is 5.31. The van der Waals surface area contributed by atoms with E-state index < -0.39 is 0 Å². The van der Waals surface area contributed by atoms with Crippen molar-refractivity contribution < 1.29 is 4.79 Å². The highest BCUT2D eigenvalue weighted by atomic mass is 16.2. The molecule has 1 aliphatic heterocycles. The van der Waals surface area contributed by atoms with Gasteiger partial charge in [-0.05, 0) is 24.6 Å². The van der Waals surface area contributed by atoms with Gasteiger partial charge >= 0.3 is 0 Å². The van der Waals surface area contributed by atoms with E-state index in [1.807, 2.05) is 21.8 Å². The van der Waals surface area contributed by atoms with Crippen LogP contribution in [0.3, 0.4) is 0 Å². The van der Waals surface area contributed by atoms with Crippen LogP contribution in [0.25, 0.3) is 10.9 Å². The van der Waals surface area contributed by atoms with Gasteiger partial charge in [-0.25, -0.2) is 0 Å². The first kappa shape index (κ1) is 17.7. The Morgan fingerprint density at radius 1 is 1.04 bits per heavy atom. The topological polar surface area (TPSA) is 41.4 Å². The Hall–Kier alpha value is -2.66. The quantitative estimate of drug-likeness (QED) is 0.700. The van der Waals surface area contributed by atoms with Gasteiger partial charge in [-0.15, -0.1) is 0 Å². The molecule has 1 amide bonds. The molecular weight excluding hydrogens is 336 g/mol. The summed E-state index contributed by atoms with van der Waals surface area (Å²) in [5, 5.41) is 5.59. The molecule has 0 radical (unpaired) electrons. The molecule has 3 aromatic rings. The zero-order chi connectivity index (χ0) is 18.6. The lowest BCUT2D eigenvalue weighted by atomic mass is 10.2. The lowest BCUT2D eigenvalue weighted by Gasteiger charge is -2.34. The number of hydrogen-bond acceptors (Lipinski definition) is 3. The van der Waals surface area contributed by atoms with Crippen molar-refractivity contribution in [2.45, 2.75) is 26.4 Å². The molecule has 0 N–H and O–H groups in total. The molecule has 1 fully saturated rings. The second kappa shape index (κ2) is 7.92. The van der Waals surface area contributed by atoms with E-state index >= 15 is 0 Å². The molecule has 5 heteroatoms. The van der Waals surface area contributed by atoms with Crippen LogP contribution in [0.2, 0.25) is 0 Å². The molecule has 4 rings (SSSR count). The van der Waals surface area contributed by atoms with Gasteiger partial charge in [0.1, 0.15) is 0 Å². The molecule has 0 atom stereocenters. The summed E-state index contributed by atoms with van der Waals surface area (Å²) >= 11 is 0. The van der Waals surface area contributed by atoms with E-state index in [-0.39, 0.29) is 5.91 Å². The summed E-state index contributed by atoms with van der Waals surface area (Å²) in [5.41, 5.74) is 3.66. The van der Waals surface area contributed by atoms with Crippen LogP contribution in [-0.2, 0) is 17.9 Å². The number of piperazine rings is 1. The van der Waals surface area contributed by atoms with Crippen molar-refractivity contribution in [3.05, 3.63) is 65.9 Å². The Bertz CT molecular complexity index is 910. The Labute approximate surface area is 160 Å². The third-order valence-corrected chi connectivity index (χ3v) is 5.31. The Balaban J connectivity index is 1.28. The molecule has 0 saturated carbocycles. The van der Waals surface area contributed by atoms with Gasteiger partial charge in [0.25, 0.3) is 0 Å². The zero-order valence-electron chi connectivity index (χ0n) is 15.8. The van der Waals surface area contributed by atoms with Crippen LogP contribution < -0.4 is 0 Å². The summed E-state index contributed by atoms with van der Waals surface area (Å²) in [6.45, 7) is 7.17. The summed E-state index contributed by atoms with van der Waals surface area (Å²) in [7, 11) is 0. The summed E-state index contributed by atoms with van der Waals surface area (Å²) in [4.78, 5) is 17.0. The second-order valence-corrected chi connectivity index (χ2v) is 7.32. The Morgan fingerprint density at radius 2 is 1.81 bits per heavy atom. The van der Waals surface area contributed by atoms with Gasteiger partial charge in [-0.1, -0.05) is 42.0 Å². The Kier molecular flexibility index (Phi) is 5.21. The van der Waals surface area contributed by atoms with Crippen molar-refractivity contribution in [1.29, 1.82) is 0 Å². The van der Waals surface area contributed by atoms with Crippen LogP contribution in [0.15, 0.2) is 54.7 Å². The largest absolute Gasteiger partial charge is 0.340 e. The first-order valence-electron chi connectivity index (χ1n) is 9.65. The van der Waals surface area contributed by atoms with E-state index in [0.29, 0.717) is 13.0 Å². The minimum absolute atomic E-state index is 0.227. The molecule has 0 unspecified atom stereocenters. The number of carbonyl (C=O) groups is 1. The number of aryl methyl sites for hydroxylation is 2. The Morgan fingerprint density at radius 3 is 2.59 bits per heavy atom. The minimum atomic E-state index is 0.227. The molecule has 5 nitrogen and oxygen atoms in total. The molecule has 0 bridgehead atoms. The maximum Gasteiger partial charge on any atom is 0.224 e. The van der Waals surface area contributed by atoms with Crippen LogP contribution >= 0.6 is 0 Å². The van der Waals surface area contributed by atoms with E-state index in [0.717, 1.165) is 43.6 Å². The van der Waals surface area contributed by atoms with Crippen molar-refractivity contribution in [2.75, 3.05) is 26.2 Å². The molecule has 1 aliphatic rings. The smallest absolute Gasteiger partial charge is 0.224 e. The second-order valence-electron chi connectivity index (χ2n) is 7.32. The number of amides is 1. The summed E-state index contributed by atoms with van der Waals surface area (Å²) in [5.74, 6) is 0.227. The monoisotopic (exact) mass is 362 g/mol. The maximum absolute atomic E-state index is 12.6. The van der Waals surface area contributed by atoms with Gasteiger partial charge in [-0.3, -0.25) is 14.4 Å². The summed E-state index contributed by atoms with van der Waals surface area (Å²) in [6, 6.07) is 16.8. The number of aromatic nitrogens is 2. The van der Waals surface area contributed by atoms with Gasteiger partial charge in [-0.2, -0.15) is 5.10 Å². The fourth-order valence-electron chi connectivity index (χ4n) is 3.74. The van der Waals surface area contributed by atoms with Gasteiger partial charge in [0, 0.05) is 44.5 Å². The third kappa shape index (κ3) is 4.19. The van der Waals surface area contributed by atoms with E-state index in [1.165, 1.54) is 11.1 Å².